The number of carbonyl (C=O) groups is 1. The van der Waals surface area contributed by atoms with Gasteiger partial charge in [0.1, 0.15) is 5.03 Å². The first kappa shape index (κ1) is 19.0. The molecule has 0 bridgehead atoms. The van der Waals surface area contributed by atoms with Gasteiger partial charge in [-0.1, -0.05) is 23.7 Å². The number of piperazine rings is 1. The molecule has 0 atom stereocenters. The summed E-state index contributed by atoms with van der Waals surface area (Å²) in [7, 11) is 0. The quantitative estimate of drug-likeness (QED) is 0.686. The molecule has 2 aromatic rings. The Balaban J connectivity index is 1.61. The van der Waals surface area contributed by atoms with E-state index in [-0.39, 0.29) is 5.91 Å². The molecule has 0 radical (unpaired) electrons. The van der Waals surface area contributed by atoms with Gasteiger partial charge in [-0.05, 0) is 41.7 Å². The van der Waals surface area contributed by atoms with Crippen LogP contribution in [0.25, 0.3) is 0 Å². The van der Waals surface area contributed by atoms with Crippen LogP contribution in [0.15, 0.2) is 33.5 Å². The van der Waals surface area contributed by atoms with Crippen molar-refractivity contribution in [1.29, 1.82) is 0 Å². The smallest absolute Gasteiger partial charge is 0.258 e. The Bertz CT molecular complexity index is 706. The minimum Gasteiger partial charge on any atom is -0.336 e. The highest BCUT2D eigenvalue weighted by Gasteiger charge is 2.27. The summed E-state index contributed by atoms with van der Waals surface area (Å²) >= 11 is 10.5. The van der Waals surface area contributed by atoms with Crippen LogP contribution in [0, 0.1) is 0 Å². The Morgan fingerprint density at radius 3 is 2.44 bits per heavy atom. The summed E-state index contributed by atoms with van der Waals surface area (Å²) < 4.78 is 5.43. The van der Waals surface area contributed by atoms with Crippen LogP contribution < -0.4 is 0 Å². The van der Waals surface area contributed by atoms with Gasteiger partial charge in [0.15, 0.2) is 0 Å². The van der Waals surface area contributed by atoms with Crippen LogP contribution in [-0.4, -0.2) is 58.8 Å². The first-order chi connectivity index (χ1) is 12.1. The number of carbonyl (C=O) groups excluding carboxylic acids is 1. The molecule has 0 aliphatic carbocycles. The van der Waals surface area contributed by atoms with Gasteiger partial charge in [0.05, 0.1) is 9.77 Å². The van der Waals surface area contributed by atoms with Crippen molar-refractivity contribution in [3.05, 3.63) is 40.4 Å². The van der Waals surface area contributed by atoms with Crippen molar-refractivity contribution >= 4 is 52.6 Å². The number of benzene rings is 1. The molecule has 2 heterocycles. The third-order valence-electron chi connectivity index (χ3n) is 4.20. The van der Waals surface area contributed by atoms with E-state index in [1.165, 1.54) is 17.1 Å². The van der Waals surface area contributed by atoms with Crippen molar-refractivity contribution in [3.63, 3.8) is 0 Å². The average Bonchev–Trinajstić information content (AvgIpc) is 3.07. The van der Waals surface area contributed by atoms with Crippen LogP contribution in [0.1, 0.15) is 15.9 Å². The molecule has 3 rings (SSSR count). The van der Waals surface area contributed by atoms with Crippen molar-refractivity contribution in [2.75, 3.05) is 38.7 Å². The Labute approximate surface area is 166 Å². The number of amides is 1. The molecule has 25 heavy (non-hydrogen) atoms. The number of nitrogens with zero attached hydrogens (tertiary/aromatic N) is 3. The summed E-state index contributed by atoms with van der Waals surface area (Å²) in [6, 6.07) is 7.97. The number of thioether (sulfide) groups is 2. The molecule has 134 valence electrons. The highest BCUT2D eigenvalue weighted by molar-refractivity contribution is 8.01. The van der Waals surface area contributed by atoms with Gasteiger partial charge in [-0.2, -0.15) is 4.37 Å². The molecule has 8 heteroatoms. The Kier molecular flexibility index (Phi) is 6.68. The molecule has 1 amide bonds. The van der Waals surface area contributed by atoms with E-state index in [1.807, 2.05) is 29.5 Å². The SMILES string of the molecule is CSc1nsc(SC)c1C(=O)N1CCN(Cc2ccc(Cl)cc2)CC1. The summed E-state index contributed by atoms with van der Waals surface area (Å²) in [6.07, 6.45) is 3.97. The lowest BCUT2D eigenvalue weighted by atomic mass is 10.2. The number of halogens is 1. The molecule has 4 nitrogen and oxygen atoms in total. The van der Waals surface area contributed by atoms with E-state index in [0.29, 0.717) is 0 Å². The molecule has 0 unspecified atom stereocenters. The van der Waals surface area contributed by atoms with Crippen LogP contribution in [0.3, 0.4) is 0 Å². The standard InChI is InChI=1S/C17H20ClN3OS3/c1-23-15-14(17(24-2)25-19-15)16(22)21-9-7-20(8-10-21)11-12-3-5-13(18)6-4-12/h3-6H,7-11H2,1-2H3. The molecular formula is C17H20ClN3OS3. The maximum Gasteiger partial charge on any atom is 0.258 e. The first-order valence-electron chi connectivity index (χ1n) is 7.96. The fraction of sp³-hybridized carbons (Fsp3) is 0.412. The predicted octanol–water partition coefficient (Wildman–Crippen LogP) is 4.20. The van der Waals surface area contributed by atoms with Gasteiger partial charge < -0.3 is 4.90 Å². The zero-order valence-electron chi connectivity index (χ0n) is 14.2. The zero-order valence-corrected chi connectivity index (χ0v) is 17.4. The van der Waals surface area contributed by atoms with Crippen molar-refractivity contribution in [1.82, 2.24) is 14.2 Å². The fourth-order valence-corrected chi connectivity index (χ4v) is 5.22. The second kappa shape index (κ2) is 8.77. The average molecular weight is 414 g/mol. The molecule has 1 aromatic carbocycles. The minimum atomic E-state index is 0.119. The summed E-state index contributed by atoms with van der Waals surface area (Å²) in [6.45, 7) is 4.17. The van der Waals surface area contributed by atoms with Gasteiger partial charge in [-0.3, -0.25) is 9.69 Å². The first-order valence-corrected chi connectivity index (χ1v) is 11.6. The van der Waals surface area contributed by atoms with Gasteiger partial charge in [-0.25, -0.2) is 0 Å². The van der Waals surface area contributed by atoms with Crippen LogP contribution in [0.5, 0.6) is 0 Å². The van der Waals surface area contributed by atoms with Gasteiger partial charge in [-0.15, -0.1) is 23.5 Å². The molecule has 1 aliphatic rings. The highest BCUT2D eigenvalue weighted by atomic mass is 35.5. The second-order valence-electron chi connectivity index (χ2n) is 5.75. The van der Waals surface area contributed by atoms with Crippen LogP contribution >= 0.6 is 46.7 Å². The largest absolute Gasteiger partial charge is 0.336 e. The molecule has 0 spiro atoms. The molecular weight excluding hydrogens is 394 g/mol. The highest BCUT2D eigenvalue weighted by Crippen LogP contribution is 2.33. The molecule has 1 fully saturated rings. The van der Waals surface area contributed by atoms with E-state index in [0.717, 1.165) is 52.5 Å². The number of hydrogen-bond donors (Lipinski definition) is 0. The third kappa shape index (κ3) is 4.52. The minimum absolute atomic E-state index is 0.119. The third-order valence-corrected chi connectivity index (χ3v) is 7.19. The van der Waals surface area contributed by atoms with E-state index in [4.69, 9.17) is 11.6 Å². The van der Waals surface area contributed by atoms with Crippen molar-refractivity contribution in [2.24, 2.45) is 0 Å². The maximum absolute atomic E-state index is 13.0. The van der Waals surface area contributed by atoms with Crippen molar-refractivity contribution < 1.29 is 4.79 Å². The Hall–Kier alpha value is -0.730. The summed E-state index contributed by atoms with van der Waals surface area (Å²) in [4.78, 5) is 17.3. The normalized spacial score (nSPS) is 15.6. The van der Waals surface area contributed by atoms with E-state index >= 15 is 0 Å². The topological polar surface area (TPSA) is 36.4 Å². The van der Waals surface area contributed by atoms with Crippen molar-refractivity contribution in [2.45, 2.75) is 15.8 Å². The Morgan fingerprint density at radius 1 is 1.16 bits per heavy atom. The number of hydrogen-bond acceptors (Lipinski definition) is 6. The van der Waals surface area contributed by atoms with Gasteiger partial charge >= 0.3 is 0 Å². The van der Waals surface area contributed by atoms with E-state index in [9.17, 15) is 4.79 Å². The van der Waals surface area contributed by atoms with Crippen LogP contribution in [0.2, 0.25) is 5.02 Å². The summed E-state index contributed by atoms with van der Waals surface area (Å²) in [5, 5.41) is 1.61. The lowest BCUT2D eigenvalue weighted by molar-refractivity contribution is 0.0622. The molecule has 1 aliphatic heterocycles. The van der Waals surface area contributed by atoms with Gasteiger partial charge in [0.25, 0.3) is 5.91 Å². The second-order valence-corrected chi connectivity index (χ2v) is 8.83. The van der Waals surface area contributed by atoms with Gasteiger partial charge in [0, 0.05) is 37.7 Å². The maximum atomic E-state index is 13.0. The summed E-state index contributed by atoms with van der Waals surface area (Å²) in [5.41, 5.74) is 2.04. The summed E-state index contributed by atoms with van der Waals surface area (Å²) in [5.74, 6) is 0.119. The number of aromatic nitrogens is 1. The lowest BCUT2D eigenvalue weighted by Gasteiger charge is -2.34. The van der Waals surface area contributed by atoms with E-state index in [1.54, 1.807) is 23.5 Å². The molecule has 0 N–H and O–H groups in total. The van der Waals surface area contributed by atoms with Crippen molar-refractivity contribution in [3.8, 4) is 0 Å². The predicted molar refractivity (Wildman–Crippen MR) is 108 cm³/mol. The fourth-order valence-electron chi connectivity index (χ4n) is 2.83. The van der Waals surface area contributed by atoms with Crippen LogP contribution in [-0.2, 0) is 6.54 Å². The van der Waals surface area contributed by atoms with E-state index < -0.39 is 0 Å². The molecule has 1 saturated heterocycles. The zero-order chi connectivity index (χ0) is 17.8. The Morgan fingerprint density at radius 2 is 1.84 bits per heavy atom. The number of rotatable bonds is 5. The molecule has 1 aromatic heterocycles. The molecule has 0 saturated carbocycles. The lowest BCUT2D eigenvalue weighted by Crippen LogP contribution is -2.48. The van der Waals surface area contributed by atoms with Gasteiger partial charge in [0.2, 0.25) is 0 Å². The monoisotopic (exact) mass is 413 g/mol. The van der Waals surface area contributed by atoms with E-state index in [2.05, 4.69) is 21.4 Å². The van der Waals surface area contributed by atoms with Crippen LogP contribution in [0.4, 0.5) is 0 Å².